The van der Waals surface area contributed by atoms with Crippen LogP contribution in [0, 0.1) is 12.3 Å². The van der Waals surface area contributed by atoms with E-state index in [0.29, 0.717) is 6.04 Å². The Morgan fingerprint density at radius 3 is 2.87 bits per heavy atom. The third-order valence-electron chi connectivity index (χ3n) is 4.77. The van der Waals surface area contributed by atoms with E-state index in [1.807, 2.05) is 6.07 Å². The summed E-state index contributed by atoms with van der Waals surface area (Å²) in [7, 11) is 0. The molecular weight excluding hydrogens is 280 g/mol. The number of H-pyrrole nitrogens is 1. The maximum atomic E-state index is 5.55. The Balaban J connectivity index is 1.64. The molecule has 0 aliphatic heterocycles. The fraction of sp³-hybridized carbons (Fsp3) is 0.238. The molecule has 1 aliphatic rings. The number of aromatic nitrogens is 1. The van der Waals surface area contributed by atoms with Crippen LogP contribution in [0.25, 0.3) is 10.9 Å². The van der Waals surface area contributed by atoms with Crippen molar-refractivity contribution in [2.75, 3.05) is 0 Å². The lowest BCUT2D eigenvalue weighted by molar-refractivity contribution is 0.452. The van der Waals surface area contributed by atoms with E-state index < -0.39 is 0 Å². The van der Waals surface area contributed by atoms with Crippen LogP contribution in [0.5, 0.6) is 0 Å². The zero-order valence-electron chi connectivity index (χ0n) is 13.1. The molecule has 4 rings (SSSR count). The molecule has 1 aromatic heterocycles. The Morgan fingerprint density at radius 1 is 1.17 bits per heavy atom. The van der Waals surface area contributed by atoms with Gasteiger partial charge in [0.05, 0.1) is 0 Å². The van der Waals surface area contributed by atoms with E-state index in [1.54, 1.807) is 0 Å². The summed E-state index contributed by atoms with van der Waals surface area (Å²) in [5.41, 5.74) is 6.26. The molecule has 114 valence electrons. The number of aryl methyl sites for hydroxylation is 1. The molecule has 0 spiro atoms. The lowest BCUT2D eigenvalue weighted by atomic mass is 9.91. The quantitative estimate of drug-likeness (QED) is 0.693. The van der Waals surface area contributed by atoms with E-state index in [0.717, 1.165) is 18.5 Å². The van der Waals surface area contributed by atoms with Crippen LogP contribution in [-0.2, 0) is 13.0 Å². The third kappa shape index (κ3) is 2.65. The zero-order valence-corrected chi connectivity index (χ0v) is 13.1. The van der Waals surface area contributed by atoms with Gasteiger partial charge in [0.1, 0.15) is 0 Å². The van der Waals surface area contributed by atoms with Gasteiger partial charge in [0.2, 0.25) is 0 Å². The van der Waals surface area contributed by atoms with Crippen molar-refractivity contribution in [2.24, 2.45) is 0 Å². The largest absolute Gasteiger partial charge is 0.357 e. The minimum atomic E-state index is 0.389. The molecule has 0 radical (unpaired) electrons. The fourth-order valence-electron chi connectivity index (χ4n) is 3.59. The van der Waals surface area contributed by atoms with Gasteiger partial charge in [-0.15, -0.1) is 6.42 Å². The van der Waals surface area contributed by atoms with Gasteiger partial charge in [-0.25, -0.2) is 0 Å². The average Bonchev–Trinajstić information content (AvgIpc) is 2.99. The molecule has 0 amide bonds. The average molecular weight is 300 g/mol. The first-order chi connectivity index (χ1) is 11.3. The standard InChI is InChI=1S/C21H20N2/c1-2-15-11-12-19-18(13-15)17-9-6-10-20(21(17)23-19)22-14-16-7-4-3-5-8-16/h1,3-5,7-8,11-13,20,22-23H,6,9-10,14H2. The lowest BCUT2D eigenvalue weighted by Crippen LogP contribution is -2.24. The summed E-state index contributed by atoms with van der Waals surface area (Å²) in [6.07, 6.45) is 9.07. The highest BCUT2D eigenvalue weighted by molar-refractivity contribution is 5.86. The molecule has 1 aliphatic carbocycles. The second kappa shape index (κ2) is 5.95. The van der Waals surface area contributed by atoms with Crippen molar-refractivity contribution < 1.29 is 0 Å². The molecule has 1 atom stereocenters. The normalized spacial score (nSPS) is 16.9. The SMILES string of the molecule is C#Cc1ccc2[nH]c3c(c2c1)CCCC3NCc1ccccc1. The van der Waals surface area contributed by atoms with Crippen molar-refractivity contribution in [1.82, 2.24) is 10.3 Å². The van der Waals surface area contributed by atoms with Crippen molar-refractivity contribution in [3.63, 3.8) is 0 Å². The number of hydrogen-bond donors (Lipinski definition) is 2. The van der Waals surface area contributed by atoms with E-state index in [-0.39, 0.29) is 0 Å². The first-order valence-electron chi connectivity index (χ1n) is 8.23. The van der Waals surface area contributed by atoms with Crippen LogP contribution in [0.3, 0.4) is 0 Å². The molecule has 2 aromatic carbocycles. The molecule has 0 saturated carbocycles. The molecule has 2 heteroatoms. The van der Waals surface area contributed by atoms with Crippen LogP contribution in [-0.4, -0.2) is 4.98 Å². The predicted molar refractivity (Wildman–Crippen MR) is 95.2 cm³/mol. The fourth-order valence-corrected chi connectivity index (χ4v) is 3.59. The van der Waals surface area contributed by atoms with Gasteiger partial charge in [-0.1, -0.05) is 36.3 Å². The number of fused-ring (bicyclic) bond motifs is 3. The molecule has 1 heterocycles. The second-order valence-corrected chi connectivity index (χ2v) is 6.23. The van der Waals surface area contributed by atoms with Gasteiger partial charge in [-0.05, 0) is 48.6 Å². The highest BCUT2D eigenvalue weighted by Crippen LogP contribution is 2.35. The van der Waals surface area contributed by atoms with Crippen LogP contribution in [0.4, 0.5) is 0 Å². The van der Waals surface area contributed by atoms with E-state index in [9.17, 15) is 0 Å². The summed E-state index contributed by atoms with van der Waals surface area (Å²) in [5, 5.41) is 5.01. The molecular formula is C21H20N2. The van der Waals surface area contributed by atoms with Crippen LogP contribution in [0.1, 0.15) is 41.3 Å². The summed E-state index contributed by atoms with van der Waals surface area (Å²) in [6, 6.07) is 17.2. The van der Waals surface area contributed by atoms with E-state index in [4.69, 9.17) is 6.42 Å². The molecule has 2 nitrogen and oxygen atoms in total. The van der Waals surface area contributed by atoms with E-state index in [1.165, 1.54) is 40.6 Å². The smallest absolute Gasteiger partial charge is 0.0478 e. The van der Waals surface area contributed by atoms with Gasteiger partial charge in [0.15, 0.2) is 0 Å². The first-order valence-corrected chi connectivity index (χ1v) is 8.23. The highest BCUT2D eigenvalue weighted by atomic mass is 14.9. The lowest BCUT2D eigenvalue weighted by Gasteiger charge is -2.24. The van der Waals surface area contributed by atoms with Crippen LogP contribution >= 0.6 is 0 Å². The van der Waals surface area contributed by atoms with Gasteiger partial charge >= 0.3 is 0 Å². The molecule has 1 unspecified atom stereocenters. The Hall–Kier alpha value is -2.50. The van der Waals surface area contributed by atoms with Crippen molar-refractivity contribution in [3.05, 3.63) is 70.9 Å². The van der Waals surface area contributed by atoms with Crippen LogP contribution in [0.15, 0.2) is 48.5 Å². The Kier molecular flexibility index (Phi) is 3.65. The van der Waals surface area contributed by atoms with Crippen molar-refractivity contribution >= 4 is 10.9 Å². The van der Waals surface area contributed by atoms with Crippen molar-refractivity contribution in [1.29, 1.82) is 0 Å². The third-order valence-corrected chi connectivity index (χ3v) is 4.77. The van der Waals surface area contributed by atoms with Gasteiger partial charge in [-0.2, -0.15) is 0 Å². The van der Waals surface area contributed by atoms with Crippen molar-refractivity contribution in [2.45, 2.75) is 31.8 Å². The second-order valence-electron chi connectivity index (χ2n) is 6.23. The highest BCUT2D eigenvalue weighted by Gasteiger charge is 2.23. The molecule has 0 bridgehead atoms. The van der Waals surface area contributed by atoms with Gasteiger partial charge in [0.25, 0.3) is 0 Å². The van der Waals surface area contributed by atoms with E-state index >= 15 is 0 Å². The number of terminal acetylenes is 1. The summed E-state index contributed by atoms with van der Waals surface area (Å²) in [6.45, 7) is 0.899. The zero-order chi connectivity index (χ0) is 15.6. The van der Waals surface area contributed by atoms with Gasteiger partial charge < -0.3 is 10.3 Å². The number of nitrogens with one attached hydrogen (secondary N) is 2. The number of hydrogen-bond acceptors (Lipinski definition) is 1. The minimum absolute atomic E-state index is 0.389. The van der Waals surface area contributed by atoms with Crippen LogP contribution < -0.4 is 5.32 Å². The Bertz CT molecular complexity index is 868. The number of benzene rings is 2. The maximum absolute atomic E-state index is 5.55. The first kappa shape index (κ1) is 14.1. The van der Waals surface area contributed by atoms with Gasteiger partial charge in [-0.3, -0.25) is 0 Å². The van der Waals surface area contributed by atoms with E-state index in [2.05, 4.69) is 58.7 Å². The Morgan fingerprint density at radius 2 is 2.04 bits per heavy atom. The molecule has 0 saturated heterocycles. The van der Waals surface area contributed by atoms with Crippen LogP contribution in [0.2, 0.25) is 0 Å². The number of aromatic amines is 1. The summed E-state index contributed by atoms with van der Waals surface area (Å²) in [5.74, 6) is 2.74. The minimum Gasteiger partial charge on any atom is -0.357 e. The number of rotatable bonds is 3. The summed E-state index contributed by atoms with van der Waals surface area (Å²) >= 11 is 0. The topological polar surface area (TPSA) is 27.8 Å². The Labute approximate surface area is 136 Å². The molecule has 2 N–H and O–H groups in total. The monoisotopic (exact) mass is 300 g/mol. The molecule has 23 heavy (non-hydrogen) atoms. The summed E-state index contributed by atoms with van der Waals surface area (Å²) < 4.78 is 0. The van der Waals surface area contributed by atoms with Gasteiger partial charge in [0, 0.05) is 34.7 Å². The molecule has 3 aromatic rings. The van der Waals surface area contributed by atoms with Crippen molar-refractivity contribution in [3.8, 4) is 12.3 Å². The molecule has 0 fully saturated rings. The maximum Gasteiger partial charge on any atom is 0.0478 e. The summed E-state index contributed by atoms with van der Waals surface area (Å²) in [4.78, 5) is 3.62. The predicted octanol–water partition coefficient (Wildman–Crippen LogP) is 4.32.